The number of carbonyl (C=O) groups is 2. The number of nitrogens with one attached hydrogen (secondary N) is 1. The normalized spacial score (nSPS) is 18.9. The molecule has 0 aliphatic carbocycles. The Bertz CT molecular complexity index is 897. The van der Waals surface area contributed by atoms with Crippen LogP contribution in [0, 0.1) is 0 Å². The van der Waals surface area contributed by atoms with Gasteiger partial charge in [0.1, 0.15) is 6.17 Å². The smallest absolute Gasteiger partial charge is 0.257 e. The van der Waals surface area contributed by atoms with Crippen molar-refractivity contribution in [2.45, 2.75) is 38.8 Å². The Hall–Kier alpha value is -2.53. The van der Waals surface area contributed by atoms with E-state index >= 15 is 0 Å². The van der Waals surface area contributed by atoms with Crippen LogP contribution in [0.1, 0.15) is 53.3 Å². The zero-order chi connectivity index (χ0) is 19.7. The average Bonchev–Trinajstić information content (AvgIpc) is 2.96. The van der Waals surface area contributed by atoms with Crippen molar-refractivity contribution in [3.63, 3.8) is 0 Å². The molecule has 146 valence electrons. The summed E-state index contributed by atoms with van der Waals surface area (Å²) >= 11 is 5.90. The lowest BCUT2D eigenvalue weighted by molar-refractivity contribution is 0.0656. The first-order chi connectivity index (χ1) is 13.6. The van der Waals surface area contributed by atoms with Gasteiger partial charge in [-0.25, -0.2) is 0 Å². The van der Waals surface area contributed by atoms with Crippen LogP contribution in [0.15, 0.2) is 42.5 Å². The number of benzene rings is 2. The monoisotopic (exact) mass is 397 g/mol. The molecule has 0 bridgehead atoms. The molecule has 28 heavy (non-hydrogen) atoms. The van der Waals surface area contributed by atoms with Crippen LogP contribution in [-0.4, -0.2) is 36.0 Å². The van der Waals surface area contributed by atoms with Crippen LogP contribution in [0.2, 0.25) is 5.02 Å². The summed E-state index contributed by atoms with van der Waals surface area (Å²) in [4.78, 5) is 30.1. The Morgan fingerprint density at radius 2 is 1.93 bits per heavy atom. The summed E-state index contributed by atoms with van der Waals surface area (Å²) < 4.78 is 0. The second kappa shape index (κ2) is 7.84. The molecule has 1 N–H and O–H groups in total. The van der Waals surface area contributed by atoms with Crippen molar-refractivity contribution in [3.05, 3.63) is 58.6 Å². The Kier molecular flexibility index (Phi) is 5.27. The predicted octanol–water partition coefficient (Wildman–Crippen LogP) is 4.77. The van der Waals surface area contributed by atoms with Crippen molar-refractivity contribution in [1.29, 1.82) is 0 Å². The largest absolute Gasteiger partial charge is 0.351 e. The predicted molar refractivity (Wildman–Crippen MR) is 112 cm³/mol. The van der Waals surface area contributed by atoms with E-state index in [1.165, 1.54) is 0 Å². The van der Waals surface area contributed by atoms with E-state index < -0.39 is 0 Å². The van der Waals surface area contributed by atoms with Gasteiger partial charge in [-0.2, -0.15) is 0 Å². The second-order valence-corrected chi connectivity index (χ2v) is 7.74. The maximum absolute atomic E-state index is 13.1. The quantitative estimate of drug-likeness (QED) is 0.811. The van der Waals surface area contributed by atoms with Gasteiger partial charge in [0.25, 0.3) is 11.8 Å². The lowest BCUT2D eigenvalue weighted by Gasteiger charge is -2.44. The van der Waals surface area contributed by atoms with Crippen molar-refractivity contribution < 1.29 is 9.59 Å². The lowest BCUT2D eigenvalue weighted by atomic mass is 10.0. The molecule has 2 aromatic carbocycles. The number of rotatable bonds is 3. The van der Waals surface area contributed by atoms with Crippen LogP contribution in [0.4, 0.5) is 11.4 Å². The van der Waals surface area contributed by atoms with E-state index in [0.29, 0.717) is 21.8 Å². The maximum atomic E-state index is 13.1. The molecule has 0 aromatic heterocycles. The van der Waals surface area contributed by atoms with Gasteiger partial charge in [0.15, 0.2) is 0 Å². The van der Waals surface area contributed by atoms with Crippen LogP contribution in [0.5, 0.6) is 0 Å². The molecule has 2 aliphatic heterocycles. The van der Waals surface area contributed by atoms with Gasteiger partial charge < -0.3 is 15.1 Å². The van der Waals surface area contributed by atoms with Crippen molar-refractivity contribution >= 4 is 34.8 Å². The first-order valence-electron chi connectivity index (χ1n) is 9.87. The molecule has 5 nitrogen and oxygen atoms in total. The van der Waals surface area contributed by atoms with Crippen molar-refractivity contribution in [3.8, 4) is 0 Å². The molecule has 1 unspecified atom stereocenters. The van der Waals surface area contributed by atoms with Gasteiger partial charge in [-0.15, -0.1) is 0 Å². The number of hydrogen-bond acceptors (Lipinski definition) is 3. The molecule has 0 saturated carbocycles. The topological polar surface area (TPSA) is 52.7 Å². The third-order valence-corrected chi connectivity index (χ3v) is 5.84. The van der Waals surface area contributed by atoms with E-state index in [4.69, 9.17) is 11.6 Å². The van der Waals surface area contributed by atoms with Gasteiger partial charge in [0, 0.05) is 29.4 Å². The van der Waals surface area contributed by atoms with E-state index in [0.717, 1.165) is 44.5 Å². The highest BCUT2D eigenvalue weighted by atomic mass is 35.5. The van der Waals surface area contributed by atoms with Gasteiger partial charge >= 0.3 is 0 Å². The molecule has 2 amide bonds. The van der Waals surface area contributed by atoms with E-state index in [-0.39, 0.29) is 18.0 Å². The summed E-state index contributed by atoms with van der Waals surface area (Å²) in [7, 11) is 0. The SMILES string of the molecule is CCN1c2cc(C(=O)Nc3ccc(Cl)cc3)ccc2C(=O)N2CCCCCC21. The Balaban J connectivity index is 1.65. The van der Waals surface area contributed by atoms with Crippen LogP contribution in [-0.2, 0) is 0 Å². The van der Waals surface area contributed by atoms with E-state index in [1.807, 2.05) is 11.0 Å². The first-order valence-corrected chi connectivity index (χ1v) is 10.2. The molecule has 0 radical (unpaired) electrons. The molecule has 4 rings (SSSR count). The standard InChI is InChI=1S/C22H24ClN3O2/c1-2-25-19-14-15(21(27)24-17-10-8-16(23)9-11-17)7-12-18(19)22(28)26-13-5-3-4-6-20(25)26/h7-12,14,20H,2-6,13H2,1H3,(H,24,27). The fraction of sp³-hybridized carbons (Fsp3) is 0.364. The maximum Gasteiger partial charge on any atom is 0.257 e. The Labute approximate surface area is 170 Å². The Morgan fingerprint density at radius 3 is 2.68 bits per heavy atom. The number of anilines is 2. The van der Waals surface area contributed by atoms with Gasteiger partial charge in [-0.1, -0.05) is 18.0 Å². The van der Waals surface area contributed by atoms with Crippen molar-refractivity contribution in [1.82, 2.24) is 4.90 Å². The number of carbonyl (C=O) groups excluding carboxylic acids is 2. The summed E-state index contributed by atoms with van der Waals surface area (Å²) in [6.07, 6.45) is 4.39. The number of hydrogen-bond donors (Lipinski definition) is 1. The minimum Gasteiger partial charge on any atom is -0.351 e. The van der Waals surface area contributed by atoms with E-state index in [2.05, 4.69) is 17.1 Å². The number of nitrogens with zero attached hydrogens (tertiary/aromatic N) is 2. The highest BCUT2D eigenvalue weighted by Gasteiger charge is 2.37. The molecule has 1 saturated heterocycles. The molecule has 2 aromatic rings. The van der Waals surface area contributed by atoms with E-state index in [9.17, 15) is 9.59 Å². The van der Waals surface area contributed by atoms with Crippen molar-refractivity contribution in [2.24, 2.45) is 0 Å². The summed E-state index contributed by atoms with van der Waals surface area (Å²) in [5, 5.41) is 3.51. The lowest BCUT2D eigenvalue weighted by Crippen LogP contribution is -2.55. The van der Waals surface area contributed by atoms with Gasteiger partial charge in [-0.3, -0.25) is 9.59 Å². The zero-order valence-corrected chi connectivity index (χ0v) is 16.7. The molecule has 2 heterocycles. The van der Waals surface area contributed by atoms with Crippen LogP contribution < -0.4 is 10.2 Å². The minimum atomic E-state index is -0.197. The fourth-order valence-electron chi connectivity index (χ4n) is 4.18. The van der Waals surface area contributed by atoms with E-state index in [1.54, 1.807) is 36.4 Å². The summed E-state index contributed by atoms with van der Waals surface area (Å²) in [6, 6.07) is 12.4. The van der Waals surface area contributed by atoms with Crippen LogP contribution in [0.25, 0.3) is 0 Å². The fourth-order valence-corrected chi connectivity index (χ4v) is 4.30. The molecule has 1 fully saturated rings. The molecule has 6 heteroatoms. The number of fused-ring (bicyclic) bond motifs is 2. The average molecular weight is 398 g/mol. The van der Waals surface area contributed by atoms with Crippen LogP contribution >= 0.6 is 11.6 Å². The van der Waals surface area contributed by atoms with Gasteiger partial charge in [-0.05, 0) is 68.7 Å². The molecule has 1 atom stereocenters. The molecular weight excluding hydrogens is 374 g/mol. The summed E-state index contributed by atoms with van der Waals surface area (Å²) in [5.74, 6) is -0.117. The zero-order valence-electron chi connectivity index (χ0n) is 16.0. The summed E-state index contributed by atoms with van der Waals surface area (Å²) in [5.41, 5.74) is 2.77. The third-order valence-electron chi connectivity index (χ3n) is 5.58. The number of amides is 2. The molecular formula is C22H24ClN3O2. The van der Waals surface area contributed by atoms with Gasteiger partial charge in [0.2, 0.25) is 0 Å². The molecule has 2 aliphatic rings. The second-order valence-electron chi connectivity index (χ2n) is 7.31. The first kappa shape index (κ1) is 18.8. The highest BCUT2D eigenvalue weighted by molar-refractivity contribution is 6.30. The highest BCUT2D eigenvalue weighted by Crippen LogP contribution is 2.35. The number of halogens is 1. The van der Waals surface area contributed by atoms with Crippen LogP contribution in [0.3, 0.4) is 0 Å². The third kappa shape index (κ3) is 3.47. The van der Waals surface area contributed by atoms with Crippen molar-refractivity contribution in [2.75, 3.05) is 23.3 Å². The minimum absolute atomic E-state index is 0.0799. The Morgan fingerprint density at radius 1 is 1.14 bits per heavy atom. The summed E-state index contributed by atoms with van der Waals surface area (Å²) in [6.45, 7) is 3.70. The van der Waals surface area contributed by atoms with Gasteiger partial charge in [0.05, 0.1) is 11.3 Å². The molecule has 0 spiro atoms.